The molecule has 140 valence electrons. The zero-order valence-corrected chi connectivity index (χ0v) is 15.2. The van der Waals surface area contributed by atoms with Crippen molar-refractivity contribution in [2.45, 2.75) is 19.8 Å². The molecule has 1 heterocycles. The Hall–Kier alpha value is -3.35. The number of nitrogens with zero attached hydrogens (tertiary/aromatic N) is 1. The molecule has 2 N–H and O–H groups in total. The predicted octanol–water partition coefficient (Wildman–Crippen LogP) is 2.71. The van der Waals surface area contributed by atoms with Crippen LogP contribution in [0, 0.1) is 6.92 Å². The van der Waals surface area contributed by atoms with Gasteiger partial charge < -0.3 is 20.3 Å². The molecule has 7 nitrogen and oxygen atoms in total. The van der Waals surface area contributed by atoms with E-state index < -0.39 is 11.8 Å². The van der Waals surface area contributed by atoms with Crippen molar-refractivity contribution in [1.29, 1.82) is 0 Å². The van der Waals surface area contributed by atoms with Crippen LogP contribution in [0.25, 0.3) is 0 Å². The molecule has 27 heavy (non-hydrogen) atoms. The second kappa shape index (κ2) is 7.90. The van der Waals surface area contributed by atoms with Gasteiger partial charge in [-0.05, 0) is 43.2 Å². The first-order valence-electron chi connectivity index (χ1n) is 8.66. The Balaban J connectivity index is 1.75. The van der Waals surface area contributed by atoms with E-state index >= 15 is 0 Å². The number of benzene rings is 2. The monoisotopic (exact) mass is 367 g/mol. The van der Waals surface area contributed by atoms with E-state index in [4.69, 9.17) is 4.74 Å². The molecule has 3 rings (SSSR count). The summed E-state index contributed by atoms with van der Waals surface area (Å²) in [5.74, 6) is -1.01. The number of methoxy groups -OCH3 is 1. The number of ether oxygens (including phenoxy) is 1. The number of aryl methyl sites for hydroxylation is 1. The fourth-order valence-electron chi connectivity index (χ4n) is 2.96. The molecule has 0 atom stereocenters. The van der Waals surface area contributed by atoms with Gasteiger partial charge in [0.15, 0.2) is 0 Å². The first-order chi connectivity index (χ1) is 13.0. The predicted molar refractivity (Wildman–Crippen MR) is 103 cm³/mol. The molecule has 0 aromatic heterocycles. The lowest BCUT2D eigenvalue weighted by molar-refractivity contribution is -0.133. The van der Waals surface area contributed by atoms with Gasteiger partial charge in [0, 0.05) is 24.3 Å². The van der Waals surface area contributed by atoms with Crippen LogP contribution in [0.1, 0.15) is 18.4 Å². The number of amides is 3. The molecule has 1 saturated heterocycles. The number of hydrogen-bond acceptors (Lipinski definition) is 4. The minimum atomic E-state index is -0.790. The minimum absolute atomic E-state index is 0.00840. The van der Waals surface area contributed by atoms with Gasteiger partial charge in [0.05, 0.1) is 12.8 Å². The van der Waals surface area contributed by atoms with E-state index in [1.54, 1.807) is 35.2 Å². The fourth-order valence-corrected chi connectivity index (χ4v) is 2.96. The van der Waals surface area contributed by atoms with Crippen molar-refractivity contribution in [3.8, 4) is 5.75 Å². The van der Waals surface area contributed by atoms with Crippen LogP contribution in [0.15, 0.2) is 42.5 Å². The zero-order chi connectivity index (χ0) is 19.4. The zero-order valence-electron chi connectivity index (χ0n) is 15.2. The van der Waals surface area contributed by atoms with E-state index in [0.29, 0.717) is 35.8 Å². The molecular formula is C20H21N3O4. The lowest BCUT2D eigenvalue weighted by Crippen LogP contribution is -2.29. The fraction of sp³-hybridized carbons (Fsp3) is 0.250. The molecule has 0 unspecified atom stereocenters. The Morgan fingerprint density at radius 3 is 2.48 bits per heavy atom. The third-order valence-corrected chi connectivity index (χ3v) is 4.40. The largest absolute Gasteiger partial charge is 0.495 e. The highest BCUT2D eigenvalue weighted by atomic mass is 16.5. The molecular weight excluding hydrogens is 346 g/mol. The van der Waals surface area contributed by atoms with Crippen LogP contribution in [0.5, 0.6) is 5.75 Å². The molecule has 0 radical (unpaired) electrons. The molecule has 0 aliphatic carbocycles. The highest BCUT2D eigenvalue weighted by molar-refractivity contribution is 6.43. The number of rotatable bonds is 4. The topological polar surface area (TPSA) is 87.7 Å². The highest BCUT2D eigenvalue weighted by Gasteiger charge is 2.25. The lowest BCUT2D eigenvalue weighted by Gasteiger charge is -2.20. The summed E-state index contributed by atoms with van der Waals surface area (Å²) in [6, 6.07) is 12.1. The van der Waals surface area contributed by atoms with Gasteiger partial charge in [0.2, 0.25) is 5.91 Å². The first kappa shape index (κ1) is 18.4. The van der Waals surface area contributed by atoms with Crippen LogP contribution >= 0.6 is 0 Å². The molecule has 1 aliphatic heterocycles. The number of carbonyl (C=O) groups is 3. The van der Waals surface area contributed by atoms with Gasteiger partial charge >= 0.3 is 11.8 Å². The van der Waals surface area contributed by atoms with Crippen molar-refractivity contribution in [2.24, 2.45) is 0 Å². The maximum absolute atomic E-state index is 12.2. The van der Waals surface area contributed by atoms with Crippen molar-refractivity contribution in [3.63, 3.8) is 0 Å². The van der Waals surface area contributed by atoms with Crippen LogP contribution in [0.3, 0.4) is 0 Å². The van der Waals surface area contributed by atoms with Crippen molar-refractivity contribution in [2.75, 3.05) is 29.2 Å². The maximum Gasteiger partial charge on any atom is 0.314 e. The second-order valence-corrected chi connectivity index (χ2v) is 6.26. The molecule has 2 aromatic rings. The standard InChI is InChI=1S/C20H21N3O4/c1-13-6-3-4-7-15(13)22-20(26)19(25)21-14-9-10-17(27-2)16(12-14)23-11-5-8-18(23)24/h3-4,6-7,9-10,12H,5,8,11H2,1-2H3,(H,21,25)(H,22,26). The van der Waals surface area contributed by atoms with Crippen LogP contribution in [-0.4, -0.2) is 31.4 Å². The number of hydrogen-bond donors (Lipinski definition) is 2. The average Bonchev–Trinajstić information content (AvgIpc) is 3.09. The molecule has 3 amide bonds. The summed E-state index contributed by atoms with van der Waals surface area (Å²) in [5, 5.41) is 5.16. The van der Waals surface area contributed by atoms with Crippen molar-refractivity contribution in [3.05, 3.63) is 48.0 Å². The van der Waals surface area contributed by atoms with E-state index in [1.165, 1.54) is 7.11 Å². The summed E-state index contributed by atoms with van der Waals surface area (Å²) in [7, 11) is 1.52. The Labute approximate surface area is 157 Å². The van der Waals surface area contributed by atoms with E-state index in [9.17, 15) is 14.4 Å². The molecule has 1 aliphatic rings. The van der Waals surface area contributed by atoms with Crippen LogP contribution in [0.4, 0.5) is 17.1 Å². The Morgan fingerprint density at radius 2 is 1.81 bits per heavy atom. The highest BCUT2D eigenvalue weighted by Crippen LogP contribution is 2.34. The maximum atomic E-state index is 12.2. The minimum Gasteiger partial charge on any atom is -0.495 e. The Bertz CT molecular complexity index is 895. The first-order valence-corrected chi connectivity index (χ1v) is 8.66. The Morgan fingerprint density at radius 1 is 1.07 bits per heavy atom. The quantitative estimate of drug-likeness (QED) is 0.814. The summed E-state index contributed by atoms with van der Waals surface area (Å²) in [6.45, 7) is 2.44. The normalized spacial score (nSPS) is 13.4. The smallest absolute Gasteiger partial charge is 0.314 e. The average molecular weight is 367 g/mol. The summed E-state index contributed by atoms with van der Waals surface area (Å²) in [5.41, 5.74) is 2.43. The molecule has 0 saturated carbocycles. The number of nitrogens with one attached hydrogen (secondary N) is 2. The SMILES string of the molecule is COc1ccc(NC(=O)C(=O)Nc2ccccc2C)cc1N1CCCC1=O. The van der Waals surface area contributed by atoms with Gasteiger partial charge in [-0.3, -0.25) is 14.4 Å². The summed E-state index contributed by atoms with van der Waals surface area (Å²) >= 11 is 0. The number of anilines is 3. The van der Waals surface area contributed by atoms with Crippen molar-refractivity contribution >= 4 is 34.8 Å². The summed E-state index contributed by atoms with van der Waals surface area (Å²) in [6.07, 6.45) is 1.26. The van der Waals surface area contributed by atoms with Gasteiger partial charge in [0.1, 0.15) is 5.75 Å². The van der Waals surface area contributed by atoms with Gasteiger partial charge in [-0.25, -0.2) is 0 Å². The van der Waals surface area contributed by atoms with E-state index in [1.807, 2.05) is 19.1 Å². The lowest BCUT2D eigenvalue weighted by atomic mass is 10.2. The van der Waals surface area contributed by atoms with E-state index in [0.717, 1.165) is 12.0 Å². The molecule has 0 bridgehead atoms. The van der Waals surface area contributed by atoms with Crippen molar-refractivity contribution < 1.29 is 19.1 Å². The second-order valence-electron chi connectivity index (χ2n) is 6.26. The molecule has 7 heteroatoms. The summed E-state index contributed by atoms with van der Waals surface area (Å²) < 4.78 is 5.32. The van der Waals surface area contributed by atoms with Crippen LogP contribution in [0.2, 0.25) is 0 Å². The molecule has 2 aromatic carbocycles. The van der Waals surface area contributed by atoms with Gasteiger partial charge in [-0.15, -0.1) is 0 Å². The summed E-state index contributed by atoms with van der Waals surface area (Å²) in [4.78, 5) is 38.1. The van der Waals surface area contributed by atoms with Gasteiger partial charge in [0.25, 0.3) is 0 Å². The van der Waals surface area contributed by atoms with E-state index in [-0.39, 0.29) is 5.91 Å². The third kappa shape index (κ3) is 4.08. The Kier molecular flexibility index (Phi) is 5.40. The number of carbonyl (C=O) groups excluding carboxylic acids is 3. The van der Waals surface area contributed by atoms with E-state index in [2.05, 4.69) is 10.6 Å². The molecule has 1 fully saturated rings. The van der Waals surface area contributed by atoms with Gasteiger partial charge in [-0.1, -0.05) is 18.2 Å². The number of para-hydroxylation sites is 1. The van der Waals surface area contributed by atoms with Crippen molar-refractivity contribution in [1.82, 2.24) is 0 Å². The third-order valence-electron chi connectivity index (χ3n) is 4.40. The molecule has 0 spiro atoms. The van der Waals surface area contributed by atoms with Crippen LogP contribution < -0.4 is 20.3 Å². The van der Waals surface area contributed by atoms with Crippen LogP contribution in [-0.2, 0) is 14.4 Å². The van der Waals surface area contributed by atoms with Gasteiger partial charge in [-0.2, -0.15) is 0 Å².